The van der Waals surface area contributed by atoms with Gasteiger partial charge < -0.3 is 20.7 Å². The van der Waals surface area contributed by atoms with E-state index in [1.807, 2.05) is 13.0 Å². The molecule has 0 saturated carbocycles. The summed E-state index contributed by atoms with van der Waals surface area (Å²) in [5.41, 5.74) is 6.56. The number of aromatic nitrogens is 2. The van der Waals surface area contributed by atoms with E-state index < -0.39 is 0 Å². The van der Waals surface area contributed by atoms with Crippen LogP contribution in [0.15, 0.2) is 6.07 Å². The van der Waals surface area contributed by atoms with Crippen LogP contribution in [0.2, 0.25) is 0 Å². The normalized spacial score (nSPS) is 16.2. The molecule has 2 rings (SSSR count). The smallest absolute Gasteiger partial charge is 0.222 e. The third-order valence-electron chi connectivity index (χ3n) is 2.68. The predicted molar refractivity (Wildman–Crippen MR) is 66.9 cm³/mol. The minimum Gasteiger partial charge on any atom is -0.375 e. The molecular weight excluding hydrogens is 218 g/mol. The zero-order valence-electron chi connectivity index (χ0n) is 10.1. The summed E-state index contributed by atoms with van der Waals surface area (Å²) in [4.78, 5) is 10.7. The van der Waals surface area contributed by atoms with E-state index in [2.05, 4.69) is 20.2 Å². The molecule has 3 N–H and O–H groups in total. The summed E-state index contributed by atoms with van der Waals surface area (Å²) >= 11 is 0. The van der Waals surface area contributed by atoms with Gasteiger partial charge in [-0.25, -0.2) is 4.98 Å². The maximum absolute atomic E-state index is 5.72. The quantitative estimate of drug-likeness (QED) is 0.768. The first-order valence-electron chi connectivity index (χ1n) is 5.96. The van der Waals surface area contributed by atoms with Crippen LogP contribution >= 0.6 is 0 Å². The molecule has 0 aromatic carbocycles. The van der Waals surface area contributed by atoms with Crippen LogP contribution in [0.5, 0.6) is 0 Å². The second-order valence-electron chi connectivity index (χ2n) is 3.95. The zero-order valence-corrected chi connectivity index (χ0v) is 10.1. The lowest BCUT2D eigenvalue weighted by atomic mass is 10.3. The summed E-state index contributed by atoms with van der Waals surface area (Å²) in [5, 5.41) is 3.31. The molecule has 6 heteroatoms. The number of ether oxygens (including phenoxy) is 1. The van der Waals surface area contributed by atoms with E-state index in [0.29, 0.717) is 19.2 Å². The Morgan fingerprint density at radius 1 is 1.41 bits per heavy atom. The molecule has 2 heterocycles. The van der Waals surface area contributed by atoms with Crippen molar-refractivity contribution in [1.29, 1.82) is 0 Å². The second kappa shape index (κ2) is 5.79. The number of rotatable bonds is 4. The van der Waals surface area contributed by atoms with E-state index in [9.17, 15) is 0 Å². The molecule has 0 unspecified atom stereocenters. The van der Waals surface area contributed by atoms with Gasteiger partial charge in [0, 0.05) is 38.9 Å². The van der Waals surface area contributed by atoms with Crippen molar-refractivity contribution in [3.8, 4) is 0 Å². The lowest BCUT2D eigenvalue weighted by Crippen LogP contribution is -2.44. The number of nitrogens with one attached hydrogen (secondary N) is 1. The van der Waals surface area contributed by atoms with Crippen molar-refractivity contribution in [1.82, 2.24) is 15.3 Å². The van der Waals surface area contributed by atoms with Gasteiger partial charge in [-0.15, -0.1) is 0 Å². The standard InChI is InChI=1S/C11H19N5O/c1-2-17-8-9-7-10(15-11(12)14-9)16-5-3-13-4-6-16/h7,13H,2-6,8H2,1H3,(H2,12,14,15). The lowest BCUT2D eigenvalue weighted by Gasteiger charge is -2.28. The number of nitrogens with zero attached hydrogens (tertiary/aromatic N) is 3. The maximum atomic E-state index is 5.72. The molecule has 0 radical (unpaired) electrons. The first-order chi connectivity index (χ1) is 8.29. The van der Waals surface area contributed by atoms with Crippen LogP contribution in [-0.2, 0) is 11.3 Å². The van der Waals surface area contributed by atoms with E-state index in [0.717, 1.165) is 37.7 Å². The van der Waals surface area contributed by atoms with Crippen molar-refractivity contribution in [2.24, 2.45) is 0 Å². The van der Waals surface area contributed by atoms with E-state index in [1.54, 1.807) is 0 Å². The number of hydrogen-bond donors (Lipinski definition) is 2. The maximum Gasteiger partial charge on any atom is 0.222 e. The molecule has 1 aromatic rings. The van der Waals surface area contributed by atoms with E-state index in [4.69, 9.17) is 10.5 Å². The number of nitrogens with two attached hydrogens (primary N) is 1. The van der Waals surface area contributed by atoms with Gasteiger partial charge in [0.1, 0.15) is 5.82 Å². The van der Waals surface area contributed by atoms with E-state index in [-0.39, 0.29) is 0 Å². The number of anilines is 2. The molecule has 0 atom stereocenters. The van der Waals surface area contributed by atoms with Gasteiger partial charge in [-0.05, 0) is 6.92 Å². The van der Waals surface area contributed by atoms with Gasteiger partial charge in [0.05, 0.1) is 12.3 Å². The number of hydrogen-bond acceptors (Lipinski definition) is 6. The Kier molecular flexibility index (Phi) is 4.11. The van der Waals surface area contributed by atoms with Crippen LogP contribution in [0.1, 0.15) is 12.6 Å². The molecule has 1 fully saturated rings. The minimum atomic E-state index is 0.315. The van der Waals surface area contributed by atoms with Crippen molar-refractivity contribution < 1.29 is 4.74 Å². The fraction of sp³-hybridized carbons (Fsp3) is 0.636. The fourth-order valence-electron chi connectivity index (χ4n) is 1.84. The Morgan fingerprint density at radius 3 is 2.88 bits per heavy atom. The molecule has 94 valence electrons. The highest BCUT2D eigenvalue weighted by Crippen LogP contribution is 2.14. The summed E-state index contributed by atoms with van der Waals surface area (Å²) in [5.74, 6) is 1.21. The monoisotopic (exact) mass is 237 g/mol. The molecule has 17 heavy (non-hydrogen) atoms. The Balaban J connectivity index is 2.12. The van der Waals surface area contributed by atoms with Crippen LogP contribution in [0.25, 0.3) is 0 Å². The second-order valence-corrected chi connectivity index (χ2v) is 3.95. The molecule has 1 aliphatic rings. The minimum absolute atomic E-state index is 0.315. The van der Waals surface area contributed by atoms with Crippen molar-refractivity contribution in [2.75, 3.05) is 43.4 Å². The first kappa shape index (κ1) is 12.1. The van der Waals surface area contributed by atoms with Crippen LogP contribution in [-0.4, -0.2) is 42.8 Å². The summed E-state index contributed by atoms with van der Waals surface area (Å²) in [7, 11) is 0. The van der Waals surface area contributed by atoms with Crippen molar-refractivity contribution in [2.45, 2.75) is 13.5 Å². The molecule has 0 spiro atoms. The van der Waals surface area contributed by atoms with Gasteiger partial charge in [-0.1, -0.05) is 0 Å². The highest BCUT2D eigenvalue weighted by Gasteiger charge is 2.13. The summed E-state index contributed by atoms with van der Waals surface area (Å²) in [6.45, 7) is 6.97. The average Bonchev–Trinajstić information content (AvgIpc) is 2.37. The number of nitrogen functional groups attached to an aromatic ring is 1. The van der Waals surface area contributed by atoms with Crippen molar-refractivity contribution in [3.63, 3.8) is 0 Å². The molecular formula is C11H19N5O. The Hall–Kier alpha value is -1.40. The highest BCUT2D eigenvalue weighted by atomic mass is 16.5. The molecule has 0 bridgehead atoms. The third kappa shape index (κ3) is 3.28. The Morgan fingerprint density at radius 2 is 2.18 bits per heavy atom. The zero-order chi connectivity index (χ0) is 12.1. The van der Waals surface area contributed by atoms with E-state index in [1.165, 1.54) is 0 Å². The van der Waals surface area contributed by atoms with Crippen molar-refractivity contribution in [3.05, 3.63) is 11.8 Å². The molecule has 0 amide bonds. The Labute approximate surface area is 101 Å². The average molecular weight is 237 g/mol. The summed E-state index contributed by atoms with van der Waals surface area (Å²) in [6, 6.07) is 1.96. The topological polar surface area (TPSA) is 76.3 Å². The van der Waals surface area contributed by atoms with Gasteiger partial charge in [0.25, 0.3) is 0 Å². The first-order valence-corrected chi connectivity index (χ1v) is 5.96. The van der Waals surface area contributed by atoms with Crippen LogP contribution in [0.3, 0.4) is 0 Å². The van der Waals surface area contributed by atoms with Gasteiger partial charge in [-0.3, -0.25) is 0 Å². The molecule has 6 nitrogen and oxygen atoms in total. The highest BCUT2D eigenvalue weighted by molar-refractivity contribution is 5.43. The van der Waals surface area contributed by atoms with Gasteiger partial charge >= 0.3 is 0 Å². The molecule has 1 aromatic heterocycles. The fourth-order valence-corrected chi connectivity index (χ4v) is 1.84. The van der Waals surface area contributed by atoms with Crippen molar-refractivity contribution >= 4 is 11.8 Å². The summed E-state index contributed by atoms with van der Waals surface area (Å²) in [6.07, 6.45) is 0. The molecule has 1 saturated heterocycles. The third-order valence-corrected chi connectivity index (χ3v) is 2.68. The van der Waals surface area contributed by atoms with Crippen LogP contribution in [0, 0.1) is 0 Å². The lowest BCUT2D eigenvalue weighted by molar-refractivity contribution is 0.131. The summed E-state index contributed by atoms with van der Waals surface area (Å²) < 4.78 is 5.34. The predicted octanol–water partition coefficient (Wildman–Crippen LogP) is 0.00490. The van der Waals surface area contributed by atoms with Crippen LogP contribution in [0.4, 0.5) is 11.8 Å². The van der Waals surface area contributed by atoms with E-state index >= 15 is 0 Å². The molecule has 0 aliphatic carbocycles. The van der Waals surface area contributed by atoms with Gasteiger partial charge in [0.15, 0.2) is 0 Å². The largest absolute Gasteiger partial charge is 0.375 e. The molecule has 1 aliphatic heterocycles. The Bertz CT molecular complexity index is 365. The van der Waals surface area contributed by atoms with Gasteiger partial charge in [-0.2, -0.15) is 4.98 Å². The van der Waals surface area contributed by atoms with Gasteiger partial charge in [0.2, 0.25) is 5.95 Å². The number of piperazine rings is 1. The van der Waals surface area contributed by atoms with Crippen LogP contribution < -0.4 is 16.0 Å². The SMILES string of the molecule is CCOCc1cc(N2CCNCC2)nc(N)n1.